The number of alkyl halides is 3. The molecule has 0 fully saturated rings. The van der Waals surface area contributed by atoms with Crippen LogP contribution in [-0.2, 0) is 19.3 Å². The molecule has 8 heteroatoms. The highest BCUT2D eigenvalue weighted by atomic mass is 19.4. The monoisotopic (exact) mass is 452 g/mol. The van der Waals surface area contributed by atoms with Crippen LogP contribution < -0.4 is 15.2 Å². The second kappa shape index (κ2) is 8.97. The number of fused-ring (bicyclic) bond motifs is 1. The standard InChI is InChI=1S/C25H23F3N4O/c1-31(2)22-10-6-17(7-11-22)14-29-30-24(33)18-8-9-19-15-32(16-20(19)12-18)23-5-3-4-21(13-23)25(26,27)28/h3-14H,15-16H2,1-2H3,(H,30,33)/b29-14-. The molecule has 1 aliphatic rings. The van der Waals surface area contributed by atoms with Crippen molar-refractivity contribution in [1.82, 2.24) is 5.43 Å². The van der Waals surface area contributed by atoms with Crippen molar-refractivity contribution in [3.63, 3.8) is 0 Å². The predicted octanol–water partition coefficient (Wildman–Crippen LogP) is 5.06. The number of benzene rings is 3. The number of nitrogens with zero attached hydrogens (tertiary/aromatic N) is 3. The van der Waals surface area contributed by atoms with Crippen LogP contribution in [0.2, 0.25) is 0 Å². The molecule has 3 aromatic rings. The van der Waals surface area contributed by atoms with E-state index in [2.05, 4.69) is 10.5 Å². The highest BCUT2D eigenvalue weighted by Crippen LogP contribution is 2.34. The molecule has 0 aromatic heterocycles. The molecule has 0 saturated carbocycles. The molecule has 0 saturated heterocycles. The van der Waals surface area contributed by atoms with Crippen LogP contribution in [0.25, 0.3) is 0 Å². The lowest BCUT2D eigenvalue weighted by Gasteiger charge is -2.19. The first-order valence-corrected chi connectivity index (χ1v) is 10.4. The highest BCUT2D eigenvalue weighted by molar-refractivity contribution is 5.95. The zero-order valence-electron chi connectivity index (χ0n) is 18.2. The lowest BCUT2D eigenvalue weighted by atomic mass is 10.1. The van der Waals surface area contributed by atoms with Gasteiger partial charge in [-0.2, -0.15) is 18.3 Å². The van der Waals surface area contributed by atoms with Gasteiger partial charge in [-0.1, -0.05) is 24.3 Å². The van der Waals surface area contributed by atoms with E-state index in [1.807, 2.05) is 54.2 Å². The molecule has 3 aromatic carbocycles. The molecule has 170 valence electrons. The Morgan fingerprint density at radius 1 is 1.00 bits per heavy atom. The molecule has 1 N–H and O–H groups in total. The summed E-state index contributed by atoms with van der Waals surface area (Å²) in [6.07, 6.45) is -2.82. The number of rotatable bonds is 5. The fourth-order valence-corrected chi connectivity index (χ4v) is 3.69. The van der Waals surface area contributed by atoms with Crippen molar-refractivity contribution in [1.29, 1.82) is 0 Å². The van der Waals surface area contributed by atoms with Gasteiger partial charge < -0.3 is 9.80 Å². The summed E-state index contributed by atoms with van der Waals surface area (Å²) in [6.45, 7) is 0.916. The molecular weight excluding hydrogens is 429 g/mol. The van der Waals surface area contributed by atoms with Gasteiger partial charge in [0.15, 0.2) is 0 Å². The van der Waals surface area contributed by atoms with Gasteiger partial charge in [-0.3, -0.25) is 4.79 Å². The van der Waals surface area contributed by atoms with Crippen molar-refractivity contribution >= 4 is 23.5 Å². The lowest BCUT2D eigenvalue weighted by Crippen LogP contribution is -2.18. The van der Waals surface area contributed by atoms with Crippen molar-refractivity contribution < 1.29 is 18.0 Å². The van der Waals surface area contributed by atoms with Crippen molar-refractivity contribution in [3.8, 4) is 0 Å². The van der Waals surface area contributed by atoms with E-state index in [1.165, 1.54) is 6.07 Å². The van der Waals surface area contributed by atoms with Crippen LogP contribution in [0.5, 0.6) is 0 Å². The first-order chi connectivity index (χ1) is 15.7. The van der Waals surface area contributed by atoms with Crippen LogP contribution in [0.3, 0.4) is 0 Å². The second-order valence-corrected chi connectivity index (χ2v) is 8.07. The molecule has 0 unspecified atom stereocenters. The third kappa shape index (κ3) is 5.16. The molecule has 0 aliphatic carbocycles. The van der Waals surface area contributed by atoms with E-state index in [-0.39, 0.29) is 5.91 Å². The Bertz CT molecular complexity index is 1190. The number of carbonyl (C=O) groups is 1. The SMILES string of the molecule is CN(C)c1ccc(/C=N\NC(=O)c2ccc3c(c2)CN(c2cccc(C(F)(F)F)c2)C3)cc1. The minimum Gasteiger partial charge on any atom is -0.378 e. The van der Waals surface area contributed by atoms with Gasteiger partial charge in [0.05, 0.1) is 11.8 Å². The maximum Gasteiger partial charge on any atom is 0.416 e. The van der Waals surface area contributed by atoms with E-state index in [9.17, 15) is 18.0 Å². The van der Waals surface area contributed by atoms with Crippen LogP contribution >= 0.6 is 0 Å². The van der Waals surface area contributed by atoms with Gasteiger partial charge in [0.25, 0.3) is 5.91 Å². The Morgan fingerprint density at radius 3 is 2.42 bits per heavy atom. The van der Waals surface area contributed by atoms with Crippen molar-refractivity contribution in [2.45, 2.75) is 19.3 Å². The number of nitrogens with one attached hydrogen (secondary N) is 1. The summed E-state index contributed by atoms with van der Waals surface area (Å²) in [4.78, 5) is 16.4. The van der Waals surface area contributed by atoms with Crippen molar-refractivity contribution in [2.75, 3.05) is 23.9 Å². The number of hydrazone groups is 1. The predicted molar refractivity (Wildman–Crippen MR) is 124 cm³/mol. The van der Waals surface area contributed by atoms with E-state index >= 15 is 0 Å². The third-order valence-corrected chi connectivity index (χ3v) is 5.52. The van der Waals surface area contributed by atoms with Gasteiger partial charge in [0, 0.05) is 44.1 Å². The number of halogens is 3. The van der Waals surface area contributed by atoms with Crippen molar-refractivity contribution in [2.24, 2.45) is 5.10 Å². The Labute approximate surface area is 190 Å². The summed E-state index contributed by atoms with van der Waals surface area (Å²) >= 11 is 0. The minimum atomic E-state index is -4.39. The topological polar surface area (TPSA) is 47.9 Å². The van der Waals surface area contributed by atoms with Crippen LogP contribution in [-0.4, -0.2) is 26.2 Å². The van der Waals surface area contributed by atoms with Crippen LogP contribution in [0.15, 0.2) is 71.8 Å². The summed E-state index contributed by atoms with van der Waals surface area (Å²) in [5.41, 5.74) is 6.59. The number of hydrogen-bond acceptors (Lipinski definition) is 4. The molecule has 5 nitrogen and oxygen atoms in total. The zero-order valence-corrected chi connectivity index (χ0v) is 18.2. The van der Waals surface area contributed by atoms with Gasteiger partial charge in [0.1, 0.15) is 0 Å². The molecule has 0 atom stereocenters. The Morgan fingerprint density at radius 2 is 1.73 bits per heavy atom. The Balaban J connectivity index is 1.41. The van der Waals surface area contributed by atoms with E-state index < -0.39 is 11.7 Å². The molecule has 33 heavy (non-hydrogen) atoms. The van der Waals surface area contributed by atoms with Crippen LogP contribution in [0.4, 0.5) is 24.5 Å². The largest absolute Gasteiger partial charge is 0.416 e. The van der Waals surface area contributed by atoms with Crippen molar-refractivity contribution in [3.05, 3.63) is 94.5 Å². The average molecular weight is 452 g/mol. The van der Waals surface area contributed by atoms with Gasteiger partial charge >= 0.3 is 6.18 Å². The highest BCUT2D eigenvalue weighted by Gasteiger charge is 2.31. The van der Waals surface area contributed by atoms with Crippen LogP contribution in [0.1, 0.15) is 32.6 Å². The number of hydrogen-bond donors (Lipinski definition) is 1. The third-order valence-electron chi connectivity index (χ3n) is 5.52. The molecule has 0 bridgehead atoms. The maximum atomic E-state index is 13.0. The Hall–Kier alpha value is -3.81. The van der Waals surface area contributed by atoms with Gasteiger partial charge in [-0.25, -0.2) is 5.43 Å². The summed E-state index contributed by atoms with van der Waals surface area (Å²) in [5, 5.41) is 4.03. The zero-order chi connectivity index (χ0) is 23.6. The van der Waals surface area contributed by atoms with E-state index in [0.717, 1.165) is 34.5 Å². The van der Waals surface area contributed by atoms with Crippen LogP contribution in [0, 0.1) is 0 Å². The summed E-state index contributed by atoms with van der Waals surface area (Å²) in [5.74, 6) is -0.350. The molecular formula is C25H23F3N4O. The fourth-order valence-electron chi connectivity index (χ4n) is 3.69. The quantitative estimate of drug-likeness (QED) is 0.435. The molecule has 1 aliphatic heterocycles. The average Bonchev–Trinajstić information content (AvgIpc) is 3.22. The smallest absolute Gasteiger partial charge is 0.378 e. The number of amides is 1. The fraction of sp³-hybridized carbons (Fsp3) is 0.200. The summed E-state index contributed by atoms with van der Waals surface area (Å²) in [6, 6.07) is 18.3. The molecule has 1 heterocycles. The van der Waals surface area contributed by atoms with Gasteiger partial charge in [-0.05, 0) is 59.2 Å². The minimum absolute atomic E-state index is 0.350. The maximum absolute atomic E-state index is 13.0. The molecule has 1 amide bonds. The lowest BCUT2D eigenvalue weighted by molar-refractivity contribution is -0.137. The summed E-state index contributed by atoms with van der Waals surface area (Å²) in [7, 11) is 3.91. The normalized spacial score (nSPS) is 13.3. The second-order valence-electron chi connectivity index (χ2n) is 8.07. The molecule has 0 radical (unpaired) electrons. The molecule has 4 rings (SSSR count). The first-order valence-electron chi connectivity index (χ1n) is 10.4. The first kappa shape index (κ1) is 22.4. The molecule has 0 spiro atoms. The number of anilines is 2. The van der Waals surface area contributed by atoms with E-state index in [4.69, 9.17) is 0 Å². The van der Waals surface area contributed by atoms with Gasteiger partial charge in [0.2, 0.25) is 0 Å². The van der Waals surface area contributed by atoms with Gasteiger partial charge in [-0.15, -0.1) is 0 Å². The Kier molecular flexibility index (Phi) is 6.09. The number of carbonyl (C=O) groups excluding carboxylic acids is 1. The van der Waals surface area contributed by atoms with E-state index in [0.29, 0.717) is 24.3 Å². The summed E-state index contributed by atoms with van der Waals surface area (Å²) < 4.78 is 39.1. The van der Waals surface area contributed by atoms with E-state index in [1.54, 1.807) is 24.4 Å².